The summed E-state index contributed by atoms with van der Waals surface area (Å²) in [5.41, 5.74) is 0.638. The van der Waals surface area contributed by atoms with E-state index < -0.39 is 0 Å². The standard InChI is InChI=1S/C14H18BrFN2OS/c1-10-7-17-4-5-18(10)14(19)9-20-8-11-2-3-12(15)6-13(11)16/h2-3,6,10,17H,4-5,7-9H2,1H3/t10-/m1/s1. The Labute approximate surface area is 131 Å². The van der Waals surface area contributed by atoms with Gasteiger partial charge in [-0.05, 0) is 24.6 Å². The van der Waals surface area contributed by atoms with Crippen molar-refractivity contribution in [3.8, 4) is 0 Å². The zero-order valence-electron chi connectivity index (χ0n) is 11.4. The Hall–Kier alpha value is -0.590. The molecule has 0 spiro atoms. The Morgan fingerprint density at radius 1 is 1.60 bits per heavy atom. The molecule has 0 radical (unpaired) electrons. The molecule has 1 aliphatic rings. The molecule has 1 fully saturated rings. The molecule has 1 aliphatic heterocycles. The van der Waals surface area contributed by atoms with Crippen LogP contribution in [0.1, 0.15) is 12.5 Å². The predicted molar refractivity (Wildman–Crippen MR) is 84.3 cm³/mol. The number of hydrogen-bond donors (Lipinski definition) is 1. The Morgan fingerprint density at radius 3 is 3.10 bits per heavy atom. The molecule has 0 unspecified atom stereocenters. The molecular formula is C14H18BrFN2OS. The van der Waals surface area contributed by atoms with E-state index in [0.717, 1.165) is 24.1 Å². The fourth-order valence-corrected chi connectivity index (χ4v) is 3.41. The van der Waals surface area contributed by atoms with Gasteiger partial charge in [0.05, 0.1) is 5.75 Å². The lowest BCUT2D eigenvalue weighted by atomic mass is 10.2. The van der Waals surface area contributed by atoms with Crippen molar-refractivity contribution in [2.75, 3.05) is 25.4 Å². The van der Waals surface area contributed by atoms with Crippen LogP contribution in [0.2, 0.25) is 0 Å². The highest BCUT2D eigenvalue weighted by atomic mass is 79.9. The number of rotatable bonds is 4. The lowest BCUT2D eigenvalue weighted by Gasteiger charge is -2.34. The van der Waals surface area contributed by atoms with Crippen molar-refractivity contribution in [3.05, 3.63) is 34.1 Å². The van der Waals surface area contributed by atoms with Crippen molar-refractivity contribution >= 4 is 33.6 Å². The van der Waals surface area contributed by atoms with Crippen LogP contribution in [0.25, 0.3) is 0 Å². The Kier molecular flexibility index (Phi) is 5.86. The third kappa shape index (κ3) is 4.20. The normalized spacial score (nSPS) is 19.1. The zero-order valence-corrected chi connectivity index (χ0v) is 13.8. The van der Waals surface area contributed by atoms with E-state index in [-0.39, 0.29) is 17.8 Å². The van der Waals surface area contributed by atoms with E-state index in [4.69, 9.17) is 0 Å². The lowest BCUT2D eigenvalue weighted by Crippen LogP contribution is -2.52. The van der Waals surface area contributed by atoms with Crippen LogP contribution in [0, 0.1) is 5.82 Å². The van der Waals surface area contributed by atoms with Gasteiger partial charge in [0, 0.05) is 35.9 Å². The Bertz CT molecular complexity index is 486. The van der Waals surface area contributed by atoms with Crippen molar-refractivity contribution in [1.29, 1.82) is 0 Å². The molecule has 110 valence electrons. The second-order valence-corrected chi connectivity index (χ2v) is 6.77. The summed E-state index contributed by atoms with van der Waals surface area (Å²) in [7, 11) is 0. The Morgan fingerprint density at radius 2 is 2.40 bits per heavy atom. The maximum Gasteiger partial charge on any atom is 0.232 e. The molecule has 0 saturated carbocycles. The first kappa shape index (κ1) is 15.8. The van der Waals surface area contributed by atoms with E-state index in [1.165, 1.54) is 17.8 Å². The van der Waals surface area contributed by atoms with Gasteiger partial charge in [0.1, 0.15) is 5.82 Å². The minimum Gasteiger partial charge on any atom is -0.337 e. The molecule has 0 bridgehead atoms. The summed E-state index contributed by atoms with van der Waals surface area (Å²) < 4.78 is 14.4. The molecule has 6 heteroatoms. The summed E-state index contributed by atoms with van der Waals surface area (Å²) in [5.74, 6) is 0.835. The maximum absolute atomic E-state index is 13.6. The highest BCUT2D eigenvalue weighted by Gasteiger charge is 2.22. The number of amides is 1. The van der Waals surface area contributed by atoms with Gasteiger partial charge in [0.2, 0.25) is 5.91 Å². The first-order valence-corrected chi connectivity index (χ1v) is 8.54. The van der Waals surface area contributed by atoms with Gasteiger partial charge in [-0.25, -0.2) is 4.39 Å². The van der Waals surface area contributed by atoms with Crippen molar-refractivity contribution in [3.63, 3.8) is 0 Å². The fraction of sp³-hybridized carbons (Fsp3) is 0.500. The molecule has 2 rings (SSSR count). The van der Waals surface area contributed by atoms with Crippen LogP contribution >= 0.6 is 27.7 Å². The summed E-state index contributed by atoms with van der Waals surface area (Å²) in [4.78, 5) is 14.0. The highest BCUT2D eigenvalue weighted by Crippen LogP contribution is 2.20. The van der Waals surface area contributed by atoms with Gasteiger partial charge in [-0.1, -0.05) is 22.0 Å². The molecule has 1 aromatic rings. The predicted octanol–water partition coefficient (Wildman–Crippen LogP) is 2.64. The summed E-state index contributed by atoms with van der Waals surface area (Å²) in [6.07, 6.45) is 0. The van der Waals surface area contributed by atoms with E-state index >= 15 is 0 Å². The molecule has 1 amide bonds. The molecule has 0 aromatic heterocycles. The molecule has 1 heterocycles. The van der Waals surface area contributed by atoms with Gasteiger partial charge >= 0.3 is 0 Å². The topological polar surface area (TPSA) is 32.3 Å². The molecule has 20 heavy (non-hydrogen) atoms. The van der Waals surface area contributed by atoms with Gasteiger partial charge in [0.25, 0.3) is 0 Å². The summed E-state index contributed by atoms with van der Waals surface area (Å²) in [5, 5.41) is 3.26. The quantitative estimate of drug-likeness (QED) is 0.895. The van der Waals surface area contributed by atoms with Crippen molar-refractivity contribution in [2.24, 2.45) is 0 Å². The van der Waals surface area contributed by atoms with Gasteiger partial charge < -0.3 is 10.2 Å². The van der Waals surface area contributed by atoms with E-state index in [1.54, 1.807) is 6.07 Å². The molecule has 1 N–H and O–H groups in total. The van der Waals surface area contributed by atoms with Crippen LogP contribution in [0.5, 0.6) is 0 Å². The summed E-state index contributed by atoms with van der Waals surface area (Å²) >= 11 is 4.70. The highest BCUT2D eigenvalue weighted by molar-refractivity contribution is 9.10. The van der Waals surface area contributed by atoms with Crippen LogP contribution in [-0.4, -0.2) is 42.2 Å². The number of piperazine rings is 1. The van der Waals surface area contributed by atoms with Crippen LogP contribution in [0.4, 0.5) is 4.39 Å². The molecule has 1 aromatic carbocycles. The zero-order chi connectivity index (χ0) is 14.5. The van der Waals surface area contributed by atoms with Crippen molar-refractivity contribution < 1.29 is 9.18 Å². The SMILES string of the molecule is C[C@@H]1CNCCN1C(=O)CSCc1ccc(Br)cc1F. The van der Waals surface area contributed by atoms with Gasteiger partial charge in [-0.3, -0.25) is 4.79 Å². The average Bonchev–Trinajstić information content (AvgIpc) is 2.41. The summed E-state index contributed by atoms with van der Waals surface area (Å²) in [6.45, 7) is 4.50. The summed E-state index contributed by atoms with van der Waals surface area (Å²) in [6, 6.07) is 5.26. The molecular weight excluding hydrogens is 343 g/mol. The smallest absolute Gasteiger partial charge is 0.232 e. The van der Waals surface area contributed by atoms with Gasteiger partial charge in [-0.2, -0.15) is 0 Å². The number of halogens is 2. The third-order valence-corrected chi connectivity index (χ3v) is 4.78. The van der Waals surface area contributed by atoms with Crippen molar-refractivity contribution in [1.82, 2.24) is 10.2 Å². The number of nitrogens with zero attached hydrogens (tertiary/aromatic N) is 1. The van der Waals surface area contributed by atoms with Gasteiger partial charge in [0.15, 0.2) is 0 Å². The van der Waals surface area contributed by atoms with E-state index in [2.05, 4.69) is 21.2 Å². The number of benzene rings is 1. The largest absolute Gasteiger partial charge is 0.337 e. The maximum atomic E-state index is 13.6. The molecule has 1 saturated heterocycles. The molecule has 1 atom stereocenters. The Balaban J connectivity index is 1.81. The molecule has 3 nitrogen and oxygen atoms in total. The van der Waals surface area contributed by atoms with Crippen LogP contribution in [0.15, 0.2) is 22.7 Å². The van der Waals surface area contributed by atoms with E-state index in [9.17, 15) is 9.18 Å². The fourth-order valence-electron chi connectivity index (χ4n) is 2.18. The van der Waals surface area contributed by atoms with Crippen LogP contribution in [-0.2, 0) is 10.5 Å². The van der Waals surface area contributed by atoms with Crippen LogP contribution in [0.3, 0.4) is 0 Å². The first-order chi connectivity index (χ1) is 9.58. The van der Waals surface area contributed by atoms with Crippen molar-refractivity contribution in [2.45, 2.75) is 18.7 Å². The van der Waals surface area contributed by atoms with Crippen LogP contribution < -0.4 is 5.32 Å². The molecule has 0 aliphatic carbocycles. The van der Waals surface area contributed by atoms with E-state index in [1.807, 2.05) is 17.9 Å². The second kappa shape index (κ2) is 7.43. The number of carbonyl (C=O) groups is 1. The average molecular weight is 361 g/mol. The monoisotopic (exact) mass is 360 g/mol. The number of thioether (sulfide) groups is 1. The number of carbonyl (C=O) groups excluding carboxylic acids is 1. The number of nitrogens with one attached hydrogen (secondary N) is 1. The van der Waals surface area contributed by atoms with Gasteiger partial charge in [-0.15, -0.1) is 11.8 Å². The van der Waals surface area contributed by atoms with E-state index in [0.29, 0.717) is 17.1 Å². The number of hydrogen-bond acceptors (Lipinski definition) is 3. The minimum atomic E-state index is -0.227. The minimum absolute atomic E-state index is 0.140. The first-order valence-electron chi connectivity index (χ1n) is 6.60. The third-order valence-electron chi connectivity index (χ3n) is 3.32. The second-order valence-electron chi connectivity index (χ2n) is 4.87. The lowest BCUT2D eigenvalue weighted by molar-refractivity contribution is -0.131.